The maximum absolute atomic E-state index is 15.4. The van der Waals surface area contributed by atoms with E-state index in [2.05, 4.69) is 5.32 Å². The minimum atomic E-state index is -1.09. The number of ether oxygens (including phenoxy) is 2. The number of rotatable bonds is 8. The number of hydrogen-bond donors (Lipinski definition) is 1. The zero-order chi connectivity index (χ0) is 28.2. The molecular weight excluding hydrogens is 590 g/mol. The SMILES string of the molecule is CC1=C(C(=O)OCCOc2ccccc2)C(c2c(F)ccc(Cl)c2Cl)C2=C(CN(Cc3ccccc3)CC2=O)N1.Cl. The van der Waals surface area contributed by atoms with Crippen LogP contribution in [0.4, 0.5) is 4.39 Å². The number of halogens is 4. The number of benzene rings is 3. The summed E-state index contributed by atoms with van der Waals surface area (Å²) in [5.41, 5.74) is 2.46. The van der Waals surface area contributed by atoms with Gasteiger partial charge in [0.05, 0.1) is 28.1 Å². The smallest absolute Gasteiger partial charge is 0.336 e. The lowest BCUT2D eigenvalue weighted by atomic mass is 9.77. The minimum absolute atomic E-state index is 0. The highest BCUT2D eigenvalue weighted by Gasteiger charge is 2.43. The molecule has 214 valence electrons. The minimum Gasteiger partial charge on any atom is -0.490 e. The van der Waals surface area contributed by atoms with Gasteiger partial charge in [0, 0.05) is 35.6 Å². The van der Waals surface area contributed by atoms with Crippen LogP contribution in [-0.4, -0.2) is 43.0 Å². The van der Waals surface area contributed by atoms with E-state index in [4.69, 9.17) is 32.7 Å². The van der Waals surface area contributed by atoms with Crippen molar-refractivity contribution in [2.75, 3.05) is 26.3 Å². The molecule has 0 amide bonds. The van der Waals surface area contributed by atoms with Gasteiger partial charge in [-0.05, 0) is 36.8 Å². The Balaban J connectivity index is 0.00000387. The van der Waals surface area contributed by atoms with Crippen molar-refractivity contribution in [2.45, 2.75) is 19.4 Å². The van der Waals surface area contributed by atoms with Gasteiger partial charge in [-0.25, -0.2) is 9.18 Å². The molecule has 1 unspecified atom stereocenters. The molecule has 1 N–H and O–H groups in total. The van der Waals surface area contributed by atoms with E-state index in [-0.39, 0.29) is 64.7 Å². The maximum atomic E-state index is 15.4. The molecule has 0 aliphatic carbocycles. The van der Waals surface area contributed by atoms with E-state index in [1.807, 2.05) is 53.4 Å². The van der Waals surface area contributed by atoms with E-state index in [1.165, 1.54) is 12.1 Å². The van der Waals surface area contributed by atoms with Crippen LogP contribution in [0.15, 0.2) is 95.3 Å². The van der Waals surface area contributed by atoms with Crippen molar-refractivity contribution in [3.8, 4) is 5.75 Å². The molecule has 10 heteroatoms. The molecule has 2 aliphatic heterocycles. The van der Waals surface area contributed by atoms with E-state index in [9.17, 15) is 9.59 Å². The Hall–Kier alpha value is -3.36. The van der Waals surface area contributed by atoms with Crippen LogP contribution >= 0.6 is 35.6 Å². The number of esters is 1. The zero-order valence-corrected chi connectivity index (χ0v) is 24.5. The van der Waals surface area contributed by atoms with E-state index in [1.54, 1.807) is 19.1 Å². The van der Waals surface area contributed by atoms with E-state index in [0.29, 0.717) is 30.2 Å². The van der Waals surface area contributed by atoms with Crippen LogP contribution in [0.5, 0.6) is 5.75 Å². The third kappa shape index (κ3) is 6.76. The van der Waals surface area contributed by atoms with E-state index >= 15 is 4.39 Å². The Morgan fingerprint density at radius 1 is 1.00 bits per heavy atom. The Morgan fingerprint density at radius 3 is 2.39 bits per heavy atom. The number of Topliss-reactive ketones (excluding diaryl/α,β-unsaturated/α-hetero) is 1. The summed E-state index contributed by atoms with van der Waals surface area (Å²) >= 11 is 12.8. The molecule has 0 radical (unpaired) electrons. The normalized spacial score (nSPS) is 17.0. The van der Waals surface area contributed by atoms with Gasteiger partial charge in [0.1, 0.15) is 24.8 Å². The van der Waals surface area contributed by atoms with Crippen molar-refractivity contribution in [1.82, 2.24) is 10.2 Å². The first-order chi connectivity index (χ1) is 19.3. The summed E-state index contributed by atoms with van der Waals surface area (Å²) in [5, 5.41) is 3.30. The van der Waals surface area contributed by atoms with Crippen LogP contribution in [0.25, 0.3) is 0 Å². The quantitative estimate of drug-likeness (QED) is 0.177. The Kier molecular flexibility index (Phi) is 10.1. The monoisotopic (exact) mass is 616 g/mol. The summed E-state index contributed by atoms with van der Waals surface area (Å²) in [5.74, 6) is -2.06. The number of hydrogen-bond acceptors (Lipinski definition) is 6. The zero-order valence-electron chi connectivity index (χ0n) is 22.2. The first-order valence-electron chi connectivity index (χ1n) is 12.8. The van der Waals surface area contributed by atoms with Crippen molar-refractivity contribution in [1.29, 1.82) is 0 Å². The van der Waals surface area contributed by atoms with Gasteiger partial charge in [-0.15, -0.1) is 12.4 Å². The van der Waals surface area contributed by atoms with Gasteiger partial charge in [-0.1, -0.05) is 71.7 Å². The molecule has 41 heavy (non-hydrogen) atoms. The fourth-order valence-electron chi connectivity index (χ4n) is 5.13. The molecule has 0 bridgehead atoms. The highest BCUT2D eigenvalue weighted by Crippen LogP contribution is 2.45. The summed E-state index contributed by atoms with van der Waals surface area (Å²) in [6.45, 7) is 2.82. The third-order valence-corrected chi connectivity index (χ3v) is 7.68. The number of carbonyl (C=O) groups excluding carboxylic acids is 2. The van der Waals surface area contributed by atoms with Crippen molar-refractivity contribution < 1.29 is 23.5 Å². The van der Waals surface area contributed by atoms with Crippen LogP contribution in [0.2, 0.25) is 10.0 Å². The average Bonchev–Trinajstić information content (AvgIpc) is 2.94. The summed E-state index contributed by atoms with van der Waals surface area (Å²) < 4.78 is 26.6. The van der Waals surface area contributed by atoms with Crippen molar-refractivity contribution >= 4 is 47.4 Å². The fraction of sp³-hybridized carbons (Fsp3) is 0.226. The predicted molar refractivity (Wildman–Crippen MR) is 159 cm³/mol. The van der Waals surface area contributed by atoms with Crippen molar-refractivity contribution in [2.24, 2.45) is 0 Å². The number of para-hydroxylation sites is 1. The number of dihydropyridines is 1. The van der Waals surface area contributed by atoms with Crippen LogP contribution in [0, 0.1) is 5.82 Å². The van der Waals surface area contributed by atoms with Gasteiger partial charge in [-0.2, -0.15) is 0 Å². The second kappa shape index (κ2) is 13.5. The highest BCUT2D eigenvalue weighted by molar-refractivity contribution is 6.42. The molecule has 0 saturated carbocycles. The van der Waals surface area contributed by atoms with Crippen molar-refractivity contribution in [3.63, 3.8) is 0 Å². The number of nitrogens with one attached hydrogen (secondary N) is 1. The Bertz CT molecular complexity index is 1500. The molecule has 5 rings (SSSR count). The van der Waals surface area contributed by atoms with E-state index < -0.39 is 17.7 Å². The summed E-state index contributed by atoms with van der Waals surface area (Å²) in [6, 6.07) is 21.5. The molecule has 2 heterocycles. The van der Waals surface area contributed by atoms with Crippen molar-refractivity contribution in [3.05, 3.63) is 122 Å². The lowest BCUT2D eigenvalue weighted by Crippen LogP contribution is -2.45. The van der Waals surface area contributed by atoms with Gasteiger partial charge in [0.2, 0.25) is 0 Å². The molecule has 0 aromatic heterocycles. The molecule has 0 saturated heterocycles. The first-order valence-corrected chi connectivity index (χ1v) is 13.6. The molecular formula is C31H28Cl3FN2O4. The van der Waals surface area contributed by atoms with Crippen LogP contribution < -0.4 is 10.1 Å². The average molecular weight is 618 g/mol. The third-order valence-electron chi connectivity index (χ3n) is 6.86. The number of allylic oxidation sites excluding steroid dienone is 1. The number of nitrogens with zero attached hydrogens (tertiary/aromatic N) is 1. The molecule has 3 aromatic rings. The summed E-state index contributed by atoms with van der Waals surface area (Å²) in [7, 11) is 0. The topological polar surface area (TPSA) is 67.9 Å². The van der Waals surface area contributed by atoms with Crippen LogP contribution in [0.3, 0.4) is 0 Å². The summed E-state index contributed by atoms with van der Waals surface area (Å²) in [4.78, 5) is 29.2. The lowest BCUT2D eigenvalue weighted by Gasteiger charge is -2.38. The van der Waals surface area contributed by atoms with Crippen LogP contribution in [-0.2, 0) is 20.9 Å². The summed E-state index contributed by atoms with van der Waals surface area (Å²) in [6.07, 6.45) is 0. The molecule has 2 aliphatic rings. The van der Waals surface area contributed by atoms with Gasteiger partial charge < -0.3 is 14.8 Å². The first kappa shape index (κ1) is 30.6. The van der Waals surface area contributed by atoms with Gasteiger partial charge in [-0.3, -0.25) is 9.69 Å². The molecule has 1 atom stereocenters. The second-order valence-electron chi connectivity index (χ2n) is 9.60. The molecule has 0 spiro atoms. The largest absolute Gasteiger partial charge is 0.490 e. The molecule has 0 fully saturated rings. The number of ketones is 1. The fourth-order valence-corrected chi connectivity index (χ4v) is 5.55. The Labute approximate surface area is 254 Å². The highest BCUT2D eigenvalue weighted by atomic mass is 35.5. The lowest BCUT2D eigenvalue weighted by molar-refractivity contribution is -0.140. The standard InChI is InChI=1S/C31H27Cl2FN2O4.ClH/c1-19-26(31(38)40-15-14-39-21-10-6-3-7-11-21)29(27-23(34)13-12-22(32)30(27)33)28-24(35-19)17-36(18-25(28)37)16-20-8-4-2-5-9-20;/h2-13,29,35H,14-18H2,1H3;1H. The maximum Gasteiger partial charge on any atom is 0.336 e. The van der Waals surface area contributed by atoms with Crippen LogP contribution in [0.1, 0.15) is 24.0 Å². The molecule has 6 nitrogen and oxygen atoms in total. The van der Waals surface area contributed by atoms with Gasteiger partial charge in [0.25, 0.3) is 0 Å². The predicted octanol–water partition coefficient (Wildman–Crippen LogP) is 6.48. The van der Waals surface area contributed by atoms with E-state index in [0.717, 1.165) is 5.56 Å². The van der Waals surface area contributed by atoms with Gasteiger partial charge in [0.15, 0.2) is 5.78 Å². The van der Waals surface area contributed by atoms with Gasteiger partial charge >= 0.3 is 5.97 Å². The molecule has 3 aromatic carbocycles. The Morgan fingerprint density at radius 2 is 1.68 bits per heavy atom. The second-order valence-corrected chi connectivity index (χ2v) is 10.4. The number of carbonyl (C=O) groups is 2.